The summed E-state index contributed by atoms with van der Waals surface area (Å²) in [6, 6.07) is 0.368. The molecule has 2 rings (SSSR count). The Balaban J connectivity index is 2.14. The first-order valence-corrected chi connectivity index (χ1v) is 7.81. The van der Waals surface area contributed by atoms with Gasteiger partial charge in [-0.05, 0) is 32.1 Å². The van der Waals surface area contributed by atoms with Crippen molar-refractivity contribution in [1.29, 1.82) is 0 Å². The van der Waals surface area contributed by atoms with Crippen LogP contribution in [0.25, 0.3) is 11.2 Å². The van der Waals surface area contributed by atoms with Gasteiger partial charge in [-0.25, -0.2) is 4.98 Å². The number of aromatic nitrogens is 4. The van der Waals surface area contributed by atoms with Crippen molar-refractivity contribution in [2.24, 2.45) is 5.92 Å². The predicted molar refractivity (Wildman–Crippen MR) is 87.6 cm³/mol. The molecule has 116 valence electrons. The van der Waals surface area contributed by atoms with Crippen LogP contribution in [0.1, 0.15) is 47.0 Å². The first-order chi connectivity index (χ1) is 10.1. The third-order valence-electron chi connectivity index (χ3n) is 3.38. The van der Waals surface area contributed by atoms with Crippen molar-refractivity contribution in [1.82, 2.24) is 19.9 Å². The highest BCUT2D eigenvalue weighted by atomic mass is 15.2. The van der Waals surface area contributed by atoms with Crippen molar-refractivity contribution in [2.45, 2.75) is 53.0 Å². The normalized spacial score (nSPS) is 12.8. The SMILES string of the molecule is CCCNc1nc(NC(C)CCC(C)C)c2[nH]cnc2n1. The van der Waals surface area contributed by atoms with E-state index in [9.17, 15) is 0 Å². The molecule has 1 atom stereocenters. The Kier molecular flexibility index (Phi) is 5.36. The van der Waals surface area contributed by atoms with E-state index in [1.54, 1.807) is 6.33 Å². The number of rotatable bonds is 8. The molecule has 0 fully saturated rings. The minimum absolute atomic E-state index is 0.368. The van der Waals surface area contributed by atoms with Gasteiger partial charge < -0.3 is 15.6 Å². The molecule has 0 spiro atoms. The van der Waals surface area contributed by atoms with Crippen molar-refractivity contribution >= 4 is 22.9 Å². The molecule has 2 aromatic heterocycles. The maximum atomic E-state index is 4.57. The molecule has 2 heterocycles. The van der Waals surface area contributed by atoms with E-state index in [0.717, 1.165) is 30.7 Å². The highest BCUT2D eigenvalue weighted by Crippen LogP contribution is 2.20. The molecule has 0 aliphatic carbocycles. The number of nitrogens with zero attached hydrogens (tertiary/aromatic N) is 3. The standard InChI is InChI=1S/C15H26N6/c1-5-8-16-15-20-13-12(17-9-18-13)14(21-15)19-11(4)7-6-10(2)3/h9-11H,5-8H2,1-4H3,(H3,16,17,18,19,20,21). The van der Waals surface area contributed by atoms with Crippen LogP contribution in [0.15, 0.2) is 6.33 Å². The summed E-state index contributed by atoms with van der Waals surface area (Å²) in [5, 5.41) is 6.70. The summed E-state index contributed by atoms with van der Waals surface area (Å²) in [6.07, 6.45) is 5.02. The Labute approximate surface area is 126 Å². The smallest absolute Gasteiger partial charge is 0.226 e. The van der Waals surface area contributed by atoms with Gasteiger partial charge in [0.2, 0.25) is 5.95 Å². The minimum atomic E-state index is 0.368. The Morgan fingerprint density at radius 2 is 2.00 bits per heavy atom. The molecule has 0 saturated carbocycles. The molecule has 21 heavy (non-hydrogen) atoms. The lowest BCUT2D eigenvalue weighted by molar-refractivity contribution is 0.527. The van der Waals surface area contributed by atoms with Crippen molar-refractivity contribution < 1.29 is 0 Å². The molecule has 0 bridgehead atoms. The molecule has 0 radical (unpaired) electrons. The van der Waals surface area contributed by atoms with E-state index in [0.29, 0.717) is 23.6 Å². The molecule has 6 nitrogen and oxygen atoms in total. The van der Waals surface area contributed by atoms with Crippen LogP contribution in [0, 0.1) is 5.92 Å². The van der Waals surface area contributed by atoms with Crippen LogP contribution in [0.4, 0.5) is 11.8 Å². The molecule has 1 unspecified atom stereocenters. The van der Waals surface area contributed by atoms with Crippen LogP contribution in [0.2, 0.25) is 0 Å². The Morgan fingerprint density at radius 1 is 1.19 bits per heavy atom. The number of fused-ring (bicyclic) bond motifs is 1. The van der Waals surface area contributed by atoms with Crippen LogP contribution in [-0.4, -0.2) is 32.5 Å². The number of aromatic amines is 1. The number of imidazole rings is 1. The molecule has 0 saturated heterocycles. The third kappa shape index (κ3) is 4.31. The summed E-state index contributed by atoms with van der Waals surface area (Å²) in [4.78, 5) is 16.3. The van der Waals surface area contributed by atoms with Crippen LogP contribution < -0.4 is 10.6 Å². The molecule has 6 heteroatoms. The fraction of sp³-hybridized carbons (Fsp3) is 0.667. The second-order valence-corrected chi connectivity index (χ2v) is 5.94. The van der Waals surface area contributed by atoms with Crippen LogP contribution in [0.5, 0.6) is 0 Å². The largest absolute Gasteiger partial charge is 0.366 e. The maximum Gasteiger partial charge on any atom is 0.226 e. The van der Waals surface area contributed by atoms with E-state index >= 15 is 0 Å². The molecule has 2 aromatic rings. The first kappa shape index (κ1) is 15.5. The van der Waals surface area contributed by atoms with Gasteiger partial charge in [0.25, 0.3) is 0 Å². The van der Waals surface area contributed by atoms with Gasteiger partial charge >= 0.3 is 0 Å². The summed E-state index contributed by atoms with van der Waals surface area (Å²) in [5.41, 5.74) is 1.57. The lowest BCUT2D eigenvalue weighted by atomic mass is 10.0. The van der Waals surface area contributed by atoms with Crippen molar-refractivity contribution in [3.05, 3.63) is 6.33 Å². The highest BCUT2D eigenvalue weighted by molar-refractivity contribution is 5.83. The van der Waals surface area contributed by atoms with Gasteiger partial charge in [-0.2, -0.15) is 9.97 Å². The van der Waals surface area contributed by atoms with E-state index in [4.69, 9.17) is 0 Å². The average Bonchev–Trinajstić information content (AvgIpc) is 2.91. The quantitative estimate of drug-likeness (QED) is 0.694. The Morgan fingerprint density at radius 3 is 2.71 bits per heavy atom. The van der Waals surface area contributed by atoms with Gasteiger partial charge in [-0.1, -0.05) is 20.8 Å². The van der Waals surface area contributed by atoms with Crippen LogP contribution >= 0.6 is 0 Å². The molecule has 0 aliphatic rings. The Bertz CT molecular complexity index is 562. The molecule has 0 aliphatic heterocycles. The zero-order chi connectivity index (χ0) is 15.2. The van der Waals surface area contributed by atoms with Crippen molar-refractivity contribution in [2.75, 3.05) is 17.2 Å². The van der Waals surface area contributed by atoms with Gasteiger partial charge in [-0.3, -0.25) is 0 Å². The predicted octanol–water partition coefficient (Wildman–Crippen LogP) is 3.41. The average molecular weight is 290 g/mol. The van der Waals surface area contributed by atoms with Crippen LogP contribution in [-0.2, 0) is 0 Å². The second-order valence-electron chi connectivity index (χ2n) is 5.94. The molecule has 0 aromatic carbocycles. The van der Waals surface area contributed by atoms with E-state index in [1.165, 1.54) is 6.42 Å². The van der Waals surface area contributed by atoms with Gasteiger partial charge in [0.05, 0.1) is 6.33 Å². The number of hydrogen-bond donors (Lipinski definition) is 3. The summed E-state index contributed by atoms with van der Waals surface area (Å²) in [5.74, 6) is 2.18. The molecular weight excluding hydrogens is 264 g/mol. The Hall–Kier alpha value is -1.85. The minimum Gasteiger partial charge on any atom is -0.366 e. The van der Waals surface area contributed by atoms with Crippen LogP contribution in [0.3, 0.4) is 0 Å². The number of H-pyrrole nitrogens is 1. The van der Waals surface area contributed by atoms with E-state index in [-0.39, 0.29) is 0 Å². The second kappa shape index (κ2) is 7.24. The third-order valence-corrected chi connectivity index (χ3v) is 3.38. The number of nitrogens with one attached hydrogen (secondary N) is 3. The van der Waals surface area contributed by atoms with Crippen molar-refractivity contribution in [3.63, 3.8) is 0 Å². The topological polar surface area (TPSA) is 78.5 Å². The lowest BCUT2D eigenvalue weighted by Crippen LogP contribution is -2.18. The fourth-order valence-corrected chi connectivity index (χ4v) is 2.14. The summed E-state index contributed by atoms with van der Waals surface area (Å²) >= 11 is 0. The highest BCUT2D eigenvalue weighted by Gasteiger charge is 2.12. The number of anilines is 2. The van der Waals surface area contributed by atoms with Gasteiger partial charge in [0.1, 0.15) is 5.52 Å². The van der Waals surface area contributed by atoms with Crippen molar-refractivity contribution in [3.8, 4) is 0 Å². The number of hydrogen-bond acceptors (Lipinski definition) is 5. The first-order valence-electron chi connectivity index (χ1n) is 7.81. The fourth-order valence-electron chi connectivity index (χ4n) is 2.14. The zero-order valence-electron chi connectivity index (χ0n) is 13.4. The summed E-state index contributed by atoms with van der Waals surface area (Å²) < 4.78 is 0. The lowest BCUT2D eigenvalue weighted by Gasteiger charge is -2.16. The van der Waals surface area contributed by atoms with Gasteiger partial charge in [0.15, 0.2) is 11.5 Å². The summed E-state index contributed by atoms with van der Waals surface area (Å²) in [7, 11) is 0. The van der Waals surface area contributed by atoms with E-state index in [2.05, 4.69) is 58.3 Å². The molecule has 3 N–H and O–H groups in total. The van der Waals surface area contributed by atoms with E-state index in [1.807, 2.05) is 0 Å². The zero-order valence-corrected chi connectivity index (χ0v) is 13.4. The molecular formula is C15H26N6. The monoisotopic (exact) mass is 290 g/mol. The molecule has 0 amide bonds. The van der Waals surface area contributed by atoms with E-state index < -0.39 is 0 Å². The summed E-state index contributed by atoms with van der Waals surface area (Å²) in [6.45, 7) is 9.66. The van der Waals surface area contributed by atoms with Gasteiger partial charge in [-0.15, -0.1) is 0 Å². The maximum absolute atomic E-state index is 4.57. The van der Waals surface area contributed by atoms with Gasteiger partial charge in [0, 0.05) is 12.6 Å².